The third-order valence-corrected chi connectivity index (χ3v) is 5.12. The summed E-state index contributed by atoms with van der Waals surface area (Å²) in [6, 6.07) is 9.14. The summed E-state index contributed by atoms with van der Waals surface area (Å²) in [6.07, 6.45) is 0.665. The highest BCUT2D eigenvalue weighted by Gasteiger charge is 2.28. The second-order valence-electron chi connectivity index (χ2n) is 7.72. The molecule has 0 aliphatic carbocycles. The average molecular weight is 426 g/mol. The molecule has 1 saturated heterocycles. The molecule has 1 aromatic heterocycles. The van der Waals surface area contributed by atoms with Crippen molar-refractivity contribution >= 4 is 23.0 Å². The largest absolute Gasteiger partial charge is 0.491 e. The van der Waals surface area contributed by atoms with Crippen molar-refractivity contribution in [1.82, 2.24) is 5.32 Å². The van der Waals surface area contributed by atoms with Gasteiger partial charge in [0, 0.05) is 22.6 Å². The Hall–Kier alpha value is -3.39. The van der Waals surface area contributed by atoms with Crippen LogP contribution < -0.4 is 15.8 Å². The summed E-state index contributed by atoms with van der Waals surface area (Å²) in [5, 5.41) is 3.86. The third-order valence-electron chi connectivity index (χ3n) is 5.12. The summed E-state index contributed by atoms with van der Waals surface area (Å²) < 4.78 is 30.2. The molecule has 0 spiro atoms. The summed E-state index contributed by atoms with van der Waals surface area (Å²) in [6.45, 7) is 4.73. The number of ether oxygens (including phenoxy) is 2. The summed E-state index contributed by atoms with van der Waals surface area (Å²) in [4.78, 5) is 24.0. The van der Waals surface area contributed by atoms with Crippen molar-refractivity contribution in [2.24, 2.45) is 5.73 Å². The maximum absolute atomic E-state index is 13.4. The number of furan rings is 1. The van der Waals surface area contributed by atoms with Gasteiger partial charge in [-0.25, -0.2) is 14.0 Å². The van der Waals surface area contributed by atoms with Crippen LogP contribution in [-0.2, 0) is 4.74 Å². The minimum atomic E-state index is -1.23. The molecular weight excluding hydrogens is 403 g/mol. The molecule has 31 heavy (non-hydrogen) atoms. The zero-order valence-corrected chi connectivity index (χ0v) is 17.2. The number of nitrogens with two attached hydrogens (primary N) is 1. The normalized spacial score (nSPS) is 16.1. The first-order valence-electron chi connectivity index (χ1n) is 10.1. The fourth-order valence-corrected chi connectivity index (χ4v) is 3.87. The Kier molecular flexibility index (Phi) is 5.65. The summed E-state index contributed by atoms with van der Waals surface area (Å²) in [7, 11) is 0. The SMILES string of the molecule is CC(C)Oc1cc2c(C(=O)OC(N)=O)c(-c3ccc(F)cc3)oc2cc1C1CCCN1. The van der Waals surface area contributed by atoms with Crippen molar-refractivity contribution in [3.05, 3.63) is 53.3 Å². The predicted molar refractivity (Wildman–Crippen MR) is 112 cm³/mol. The minimum Gasteiger partial charge on any atom is -0.491 e. The second-order valence-corrected chi connectivity index (χ2v) is 7.72. The van der Waals surface area contributed by atoms with Crippen LogP contribution in [0.5, 0.6) is 5.75 Å². The maximum atomic E-state index is 13.4. The lowest BCUT2D eigenvalue weighted by molar-refractivity contribution is 0.0640. The van der Waals surface area contributed by atoms with Crippen LogP contribution in [0.2, 0.25) is 0 Å². The van der Waals surface area contributed by atoms with E-state index in [9.17, 15) is 14.0 Å². The standard InChI is InChI=1S/C23H23FN2O5/c1-12(2)29-18-11-16-19(10-15(18)17-4-3-9-26-17)30-21(13-5-7-14(24)8-6-13)20(16)22(27)31-23(25)28/h5-8,10-12,17,26H,3-4,9H2,1-2H3,(H2,25,28). The van der Waals surface area contributed by atoms with Crippen molar-refractivity contribution in [2.75, 3.05) is 6.54 Å². The number of nitrogens with one attached hydrogen (secondary N) is 1. The van der Waals surface area contributed by atoms with Crippen LogP contribution in [0.4, 0.5) is 9.18 Å². The van der Waals surface area contributed by atoms with Crippen LogP contribution in [-0.4, -0.2) is 24.7 Å². The van der Waals surface area contributed by atoms with E-state index in [1.54, 1.807) is 6.07 Å². The van der Waals surface area contributed by atoms with E-state index in [-0.39, 0.29) is 23.5 Å². The van der Waals surface area contributed by atoms with Crippen molar-refractivity contribution in [3.63, 3.8) is 0 Å². The summed E-state index contributed by atoms with van der Waals surface area (Å²) in [5.74, 6) is -0.606. The Bertz CT molecular complexity index is 1130. The lowest BCUT2D eigenvalue weighted by atomic mass is 10.00. The Morgan fingerprint density at radius 2 is 1.97 bits per heavy atom. The number of esters is 1. The highest BCUT2D eigenvalue weighted by atomic mass is 19.1. The Morgan fingerprint density at radius 3 is 2.58 bits per heavy atom. The molecular formula is C23H23FN2O5. The lowest BCUT2D eigenvalue weighted by Crippen LogP contribution is -2.19. The Labute approximate surface area is 178 Å². The van der Waals surface area contributed by atoms with Gasteiger partial charge in [0.05, 0.1) is 6.10 Å². The number of carbonyl (C=O) groups excluding carboxylic acids is 2. The van der Waals surface area contributed by atoms with Crippen LogP contribution in [0, 0.1) is 5.82 Å². The number of rotatable bonds is 5. The number of benzene rings is 2. The number of primary amides is 1. The van der Waals surface area contributed by atoms with Crippen LogP contribution in [0.1, 0.15) is 48.7 Å². The first kappa shape index (κ1) is 20.9. The summed E-state index contributed by atoms with van der Waals surface area (Å²) in [5.41, 5.74) is 6.90. The molecule has 7 nitrogen and oxygen atoms in total. The van der Waals surface area contributed by atoms with E-state index in [4.69, 9.17) is 14.9 Å². The molecule has 3 aromatic rings. The molecule has 3 N–H and O–H groups in total. The van der Waals surface area contributed by atoms with Crippen LogP contribution in [0.15, 0.2) is 40.8 Å². The molecule has 2 aromatic carbocycles. The highest BCUT2D eigenvalue weighted by Crippen LogP contribution is 2.41. The van der Waals surface area contributed by atoms with Crippen molar-refractivity contribution in [1.29, 1.82) is 0 Å². The smallest absolute Gasteiger partial charge is 0.412 e. The molecule has 2 heterocycles. The molecule has 1 aliphatic rings. The van der Waals surface area contributed by atoms with Gasteiger partial charge in [-0.05, 0) is 69.6 Å². The molecule has 0 saturated carbocycles. The van der Waals surface area contributed by atoms with E-state index in [1.165, 1.54) is 24.3 Å². The molecule has 1 aliphatic heterocycles. The average Bonchev–Trinajstić information content (AvgIpc) is 3.34. The first-order chi connectivity index (χ1) is 14.8. The minimum absolute atomic E-state index is 0.0277. The second kappa shape index (κ2) is 8.39. The van der Waals surface area contributed by atoms with Crippen molar-refractivity contribution < 1.29 is 27.9 Å². The molecule has 1 unspecified atom stereocenters. The van der Waals surface area contributed by atoms with Gasteiger partial charge in [-0.2, -0.15) is 0 Å². The Morgan fingerprint density at radius 1 is 1.23 bits per heavy atom. The quantitative estimate of drug-likeness (QED) is 0.453. The van der Waals surface area contributed by atoms with E-state index in [0.717, 1.165) is 24.9 Å². The van der Waals surface area contributed by atoms with Gasteiger partial charge in [0.1, 0.15) is 28.5 Å². The zero-order valence-electron chi connectivity index (χ0n) is 17.2. The van der Waals surface area contributed by atoms with E-state index in [1.807, 2.05) is 19.9 Å². The maximum Gasteiger partial charge on any atom is 0.412 e. The zero-order chi connectivity index (χ0) is 22.1. The fourth-order valence-electron chi connectivity index (χ4n) is 3.87. The Balaban J connectivity index is 1.94. The van der Waals surface area contributed by atoms with Gasteiger partial charge >= 0.3 is 12.1 Å². The number of hydrogen-bond acceptors (Lipinski definition) is 6. The molecule has 0 bridgehead atoms. The van der Waals surface area contributed by atoms with E-state index in [0.29, 0.717) is 22.3 Å². The van der Waals surface area contributed by atoms with Crippen LogP contribution >= 0.6 is 0 Å². The van der Waals surface area contributed by atoms with Gasteiger partial charge in [-0.1, -0.05) is 0 Å². The number of amides is 1. The predicted octanol–water partition coefficient (Wildman–Crippen LogP) is 4.69. The van der Waals surface area contributed by atoms with Crippen molar-refractivity contribution in [3.8, 4) is 17.1 Å². The molecule has 0 radical (unpaired) electrons. The van der Waals surface area contributed by atoms with E-state index < -0.39 is 17.9 Å². The monoisotopic (exact) mass is 426 g/mol. The number of halogens is 1. The molecule has 162 valence electrons. The topological polar surface area (TPSA) is 104 Å². The van der Waals surface area contributed by atoms with Gasteiger partial charge < -0.3 is 24.9 Å². The van der Waals surface area contributed by atoms with Gasteiger partial charge in [0.25, 0.3) is 0 Å². The molecule has 1 amide bonds. The number of fused-ring (bicyclic) bond motifs is 1. The number of carbonyl (C=O) groups is 2. The molecule has 1 atom stereocenters. The van der Waals surface area contributed by atoms with Crippen LogP contribution in [0.3, 0.4) is 0 Å². The fraction of sp³-hybridized carbons (Fsp3) is 0.304. The summed E-state index contributed by atoms with van der Waals surface area (Å²) >= 11 is 0. The third kappa shape index (κ3) is 4.25. The molecule has 8 heteroatoms. The lowest BCUT2D eigenvalue weighted by Gasteiger charge is -2.18. The molecule has 4 rings (SSSR count). The van der Waals surface area contributed by atoms with Crippen LogP contribution in [0.25, 0.3) is 22.3 Å². The number of hydrogen-bond donors (Lipinski definition) is 2. The van der Waals surface area contributed by atoms with Gasteiger partial charge in [0.15, 0.2) is 0 Å². The first-order valence-corrected chi connectivity index (χ1v) is 10.1. The highest BCUT2D eigenvalue weighted by molar-refractivity contribution is 6.11. The van der Waals surface area contributed by atoms with Gasteiger partial charge in [-0.3, -0.25) is 0 Å². The van der Waals surface area contributed by atoms with Crippen molar-refractivity contribution in [2.45, 2.75) is 38.8 Å². The molecule has 1 fully saturated rings. The van der Waals surface area contributed by atoms with Gasteiger partial charge in [-0.15, -0.1) is 0 Å². The van der Waals surface area contributed by atoms with E-state index >= 15 is 0 Å². The van der Waals surface area contributed by atoms with E-state index in [2.05, 4.69) is 10.1 Å². The van der Waals surface area contributed by atoms with Gasteiger partial charge in [0.2, 0.25) is 0 Å².